The van der Waals surface area contributed by atoms with Crippen LogP contribution in [0.3, 0.4) is 0 Å². The number of alkyl halides is 1. The first kappa shape index (κ1) is 87.6. The van der Waals surface area contributed by atoms with Crippen LogP contribution in [-0.2, 0) is 51.4 Å². The minimum Gasteiger partial charge on any atom is -1.00 e. The van der Waals surface area contributed by atoms with Crippen LogP contribution in [0.25, 0.3) is 22.1 Å². The quantitative estimate of drug-likeness (QED) is 0.0164. The van der Waals surface area contributed by atoms with Gasteiger partial charge in [-0.15, -0.1) is 0 Å². The molecule has 21 nitrogen and oxygen atoms in total. The van der Waals surface area contributed by atoms with E-state index in [-0.39, 0.29) is 145 Å². The molecule has 12 fully saturated rings. The molecule has 24 atom stereocenters. The van der Waals surface area contributed by atoms with Crippen molar-refractivity contribution < 1.29 is 163 Å². The number of hydrogen-bond acceptors (Lipinski definition) is 19. The number of nitrogens with two attached hydrogens (primary N) is 1. The molecular weight excluding hydrogens is 1500 g/mol. The number of halogens is 1. The number of carbonyl (C=O) groups is 4. The number of fused-ring (bicyclic) bond motifs is 17. The zero-order valence-electron chi connectivity index (χ0n) is 67.3. The van der Waals surface area contributed by atoms with E-state index in [0.29, 0.717) is 96.6 Å². The monoisotopic (exact) mass is 1620 g/mol. The molecule has 0 unspecified atom stereocenters. The fourth-order valence-corrected chi connectivity index (χ4v) is 27.3. The summed E-state index contributed by atoms with van der Waals surface area (Å²) in [6.07, 6.45) is 40.6. The molecule has 5 heterocycles. The molecule has 12 aliphatic carbocycles. The van der Waals surface area contributed by atoms with Gasteiger partial charge in [0.2, 0.25) is 0 Å². The molecule has 12 aliphatic rings. The summed E-state index contributed by atoms with van der Waals surface area (Å²) in [4.78, 5) is 63.5. The zero-order chi connectivity index (χ0) is 75.6. The van der Waals surface area contributed by atoms with E-state index in [0.717, 1.165) is 158 Å². The Morgan fingerprint density at radius 3 is 1.36 bits per heavy atom. The number of rotatable bonds is 16. The van der Waals surface area contributed by atoms with Crippen LogP contribution in [-0.4, -0.2) is 143 Å². The van der Waals surface area contributed by atoms with E-state index in [9.17, 15) is 29.7 Å². The Balaban J connectivity index is 0.000000161. The van der Waals surface area contributed by atoms with Crippen LogP contribution in [0, 0.1) is 128 Å². The average Bonchev–Trinajstić information content (AvgIpc) is 1.61. The molecule has 0 saturated heterocycles. The fourth-order valence-electron chi connectivity index (χ4n) is 26.9. The summed E-state index contributed by atoms with van der Waals surface area (Å²) in [5, 5.41) is 57.7. The van der Waals surface area contributed by atoms with Gasteiger partial charge in [-0.05, 0) is 315 Å². The number of ketones is 3. The normalized spacial score (nSPS) is 39.0. The minimum atomic E-state index is -0.622. The van der Waals surface area contributed by atoms with Crippen LogP contribution < -0.4 is 114 Å². The summed E-state index contributed by atoms with van der Waals surface area (Å²) in [6.45, 7) is 9.25. The van der Waals surface area contributed by atoms with E-state index in [1.54, 1.807) is 62.9 Å². The minimum absolute atomic E-state index is 0. The molecule has 5 aromatic rings. The van der Waals surface area contributed by atoms with Crippen molar-refractivity contribution >= 4 is 73.7 Å². The number of anilines is 1. The van der Waals surface area contributed by atoms with E-state index >= 15 is 0 Å². The third-order valence-electron chi connectivity index (χ3n) is 31.3. The Labute approximate surface area is 740 Å². The van der Waals surface area contributed by atoms with E-state index in [1.807, 2.05) is 35.1 Å². The number of aromatic nitrogens is 7. The van der Waals surface area contributed by atoms with Gasteiger partial charge in [0.25, 0.3) is 6.47 Å². The predicted molar refractivity (Wildman–Crippen MR) is 411 cm³/mol. The number of aliphatic hydroxyl groups is 3. The maximum Gasteiger partial charge on any atom is 1.00 e. The SMILES string of the molecule is COC[C@@]1(O)CC[C@H]2[C@H](CC[C@@H]3[C@@H]2CC[C@]2(C)[C@@H](C(=O)CBr)CC[C@@H]32)C1.COC[C@@]1(O)CC[C@H]2[C@H](CC[C@@H]3[C@@H]2CC[C@]2(C)[C@@H](C(=O)Cn4cc5ncccc5n4)CC[C@@H]32)C1.COC[C@@]1(O)CC[C@H]2[C@H](CC[C@@H]3[C@@H]2CC[C@]2(C)[C@@H](C(=O)Cn4ncc5ncccc54)CC[C@@H]32)C1.N=Cc1ncccc1N.O=CO[O-].[H-].[K+].[K+]. The topological polar surface area (TPSA) is 313 Å². The van der Waals surface area contributed by atoms with Crippen LogP contribution in [0.1, 0.15) is 201 Å². The summed E-state index contributed by atoms with van der Waals surface area (Å²) in [5.41, 5.74) is 8.66. The Bertz CT molecular complexity index is 3880. The molecular formula is C85H122BrK2N9O12. The number of pyridine rings is 3. The van der Waals surface area contributed by atoms with Gasteiger partial charge >= 0.3 is 103 Å². The average molecular weight is 1620 g/mol. The van der Waals surface area contributed by atoms with Gasteiger partial charge in [0, 0.05) is 63.9 Å². The van der Waals surface area contributed by atoms with Crippen molar-refractivity contribution in [3.05, 3.63) is 73.1 Å². The number of nitrogens with one attached hydrogen (secondary N) is 1. The van der Waals surface area contributed by atoms with Gasteiger partial charge in [-0.3, -0.25) is 43.5 Å². The predicted octanol–water partition coefficient (Wildman–Crippen LogP) is 7.11. The van der Waals surface area contributed by atoms with Gasteiger partial charge in [-0.1, -0.05) is 36.7 Å². The number of nitrogens with zero attached hydrogens (tertiary/aromatic N) is 7. The van der Waals surface area contributed by atoms with Crippen molar-refractivity contribution in [3.8, 4) is 0 Å². The number of nitrogen functional groups attached to an aromatic ring is 1. The third kappa shape index (κ3) is 18.3. The Morgan fingerprint density at radius 1 is 0.550 bits per heavy atom. The maximum atomic E-state index is 13.6. The smallest absolute Gasteiger partial charge is 1.00 e. The second kappa shape index (κ2) is 37.6. The summed E-state index contributed by atoms with van der Waals surface area (Å²) in [7, 11) is 5.10. The van der Waals surface area contributed by atoms with Crippen molar-refractivity contribution in [1.29, 1.82) is 5.41 Å². The standard InChI is InChI=1S/2C28H39N3O3.C22H35BrO3.C6H7N3.CH2O3.2K.H/c1-27-11-9-20-19-10-12-28(33,17-34-2)14-18(19)5-6-21(20)22(27)7-8-23(27)26(32)16-31-25-4-3-13-29-24(25)15-30-31;1-27-11-9-20-19-10-12-28(33,17-34-2)14-18(19)5-6-21(20)22(27)7-8-23(27)26(32)16-31-15-25-24(30-31)4-3-13-29-25;1-21-9-7-16-15-8-10-22(25,13-26-2)11-14(15)3-4-17(16)18(21)5-6-19(21)20(24)12-23;7-4-6-5(8)2-1-3-9-6;2-1-4-3;;;/h2*3-4,13,15,18-23,33H,5-12,14,16-17H2,1-2H3;14-19,25H,3-13H2,1-2H3;1-4,7H,8H2;1,3H;;;/q;;;;;2*+1;-1/p-1/t2*18-,19+,20-,21-,22+,23-,27+,28-;14-,15+,16-,17-,18+,19-,21+,22-;;;;;/m111...../s1. The van der Waals surface area contributed by atoms with Gasteiger partial charge in [-0.25, -0.2) is 0 Å². The molecule has 24 heteroatoms. The first-order valence-electron chi connectivity index (χ1n) is 40.8. The second-order valence-corrected chi connectivity index (χ2v) is 36.9. The van der Waals surface area contributed by atoms with Crippen molar-refractivity contribution in [3.63, 3.8) is 0 Å². The van der Waals surface area contributed by atoms with Crippen molar-refractivity contribution in [2.75, 3.05) is 52.2 Å². The summed E-state index contributed by atoms with van der Waals surface area (Å²) in [5.74, 6) is 12.7. The molecule has 0 aromatic carbocycles. The molecule has 0 radical (unpaired) electrons. The number of carbonyl (C=O) groups excluding carboxylic acids is 4. The molecule has 0 bridgehead atoms. The number of methoxy groups -OCH3 is 3. The van der Waals surface area contributed by atoms with E-state index in [1.165, 1.54) is 103 Å². The summed E-state index contributed by atoms with van der Waals surface area (Å²) in [6, 6.07) is 11.2. The van der Waals surface area contributed by atoms with Crippen LogP contribution >= 0.6 is 15.9 Å². The van der Waals surface area contributed by atoms with Gasteiger partial charge in [0.05, 0.1) is 72.1 Å². The Hall–Kier alpha value is -2.19. The Morgan fingerprint density at radius 2 is 0.954 bits per heavy atom. The molecule has 17 rings (SSSR count). The molecule has 109 heavy (non-hydrogen) atoms. The summed E-state index contributed by atoms with van der Waals surface area (Å²) >= 11 is 3.42. The Kier molecular flexibility index (Phi) is 30.2. The molecule has 12 saturated carbocycles. The molecule has 0 amide bonds. The largest absolute Gasteiger partial charge is 1.00 e. The first-order chi connectivity index (χ1) is 51.5. The second-order valence-electron chi connectivity index (χ2n) is 36.3. The van der Waals surface area contributed by atoms with Gasteiger partial charge < -0.3 is 52.2 Å². The van der Waals surface area contributed by atoms with Crippen LogP contribution in [0.4, 0.5) is 5.69 Å². The number of Topliss-reactive ketones (excluding diaryl/α,β-unsaturated/α-hetero) is 3. The fraction of sp³-hybridized carbons (Fsp3) is 0.741. The molecule has 6 N–H and O–H groups in total. The molecule has 5 aromatic heterocycles. The van der Waals surface area contributed by atoms with E-state index < -0.39 is 16.8 Å². The van der Waals surface area contributed by atoms with E-state index in [2.05, 4.69) is 66.7 Å². The van der Waals surface area contributed by atoms with Crippen LogP contribution in [0.15, 0.2) is 67.4 Å². The van der Waals surface area contributed by atoms with Crippen LogP contribution in [0.2, 0.25) is 0 Å². The number of ether oxygens (including phenoxy) is 3. The van der Waals surface area contributed by atoms with E-state index in [4.69, 9.17) is 35.4 Å². The van der Waals surface area contributed by atoms with Gasteiger partial charge in [0.15, 0.2) is 11.6 Å². The van der Waals surface area contributed by atoms with Crippen molar-refractivity contribution in [1.82, 2.24) is 34.5 Å². The zero-order valence-corrected chi connectivity index (χ0v) is 74.2. The van der Waals surface area contributed by atoms with Crippen molar-refractivity contribution in [2.45, 2.75) is 224 Å². The van der Waals surface area contributed by atoms with Crippen molar-refractivity contribution in [2.24, 2.45) is 123 Å². The molecule has 0 aliphatic heterocycles. The molecule has 0 spiro atoms. The maximum absolute atomic E-state index is 13.6. The summed E-state index contributed by atoms with van der Waals surface area (Å²) < 4.78 is 19.6. The van der Waals surface area contributed by atoms with Gasteiger partial charge in [-0.2, -0.15) is 10.2 Å². The third-order valence-corrected chi connectivity index (χ3v) is 31.8. The molecule has 588 valence electrons. The number of hydrogen-bond donors (Lipinski definition) is 5. The van der Waals surface area contributed by atoms with Crippen LogP contribution in [0.5, 0.6) is 0 Å². The van der Waals surface area contributed by atoms with Gasteiger partial charge in [0.1, 0.15) is 34.6 Å². The first-order valence-corrected chi connectivity index (χ1v) is 41.9.